The second kappa shape index (κ2) is 14.2. The summed E-state index contributed by atoms with van der Waals surface area (Å²) in [5, 5.41) is 7.60. The molecule has 0 aliphatic heterocycles. The van der Waals surface area contributed by atoms with Crippen molar-refractivity contribution in [1.29, 1.82) is 0 Å². The molecule has 1 aliphatic carbocycles. The number of benzene rings is 8. The summed E-state index contributed by atoms with van der Waals surface area (Å²) in [5.41, 5.74) is 10.7. The lowest BCUT2D eigenvalue weighted by molar-refractivity contribution is 0.627. The SMILES string of the molecule is CC1(C)c2cc(N(c3ccc(F)cc3)c3ccc([Si](C)(C)C)cc3)ccc2-c2c1c1ccc(N(c3ccc(F)cc3)c3ccc([Si](C)(C)C)cc3)cc1c1ccccc21. The monoisotopic (exact) mass is 808 g/mol. The maximum atomic E-state index is 14.3. The maximum Gasteiger partial charge on any atom is 0.123 e. The highest BCUT2D eigenvalue weighted by Crippen LogP contribution is 2.56. The first-order valence-electron chi connectivity index (χ1n) is 20.6. The maximum absolute atomic E-state index is 14.3. The Bertz CT molecular complexity index is 2870. The number of hydrogen-bond donors (Lipinski definition) is 0. The molecular weight excluding hydrogens is 759 g/mol. The van der Waals surface area contributed by atoms with E-state index in [0.29, 0.717) is 0 Å². The van der Waals surface area contributed by atoms with Crippen LogP contribution in [0.15, 0.2) is 158 Å². The molecule has 6 heteroatoms. The molecule has 8 aromatic rings. The average Bonchev–Trinajstić information content (AvgIpc) is 3.45. The fourth-order valence-electron chi connectivity index (χ4n) is 9.08. The molecule has 0 aromatic heterocycles. The van der Waals surface area contributed by atoms with Gasteiger partial charge in [-0.25, -0.2) is 8.78 Å². The van der Waals surface area contributed by atoms with Gasteiger partial charge in [0.05, 0.1) is 16.1 Å². The Hall–Kier alpha value is -5.83. The smallest absolute Gasteiger partial charge is 0.123 e. The lowest BCUT2D eigenvalue weighted by Gasteiger charge is -2.29. The van der Waals surface area contributed by atoms with Crippen molar-refractivity contribution in [2.24, 2.45) is 0 Å². The van der Waals surface area contributed by atoms with Gasteiger partial charge in [-0.15, -0.1) is 0 Å². The molecule has 0 unspecified atom stereocenters. The summed E-state index contributed by atoms with van der Waals surface area (Å²) in [4.78, 5) is 4.48. The van der Waals surface area contributed by atoms with E-state index >= 15 is 0 Å². The Morgan fingerprint density at radius 1 is 0.407 bits per heavy atom. The lowest BCUT2D eigenvalue weighted by Crippen LogP contribution is -2.37. The summed E-state index contributed by atoms with van der Waals surface area (Å²) in [5.74, 6) is -0.510. The van der Waals surface area contributed by atoms with Crippen molar-refractivity contribution < 1.29 is 8.78 Å². The lowest BCUT2D eigenvalue weighted by atomic mass is 9.79. The first-order valence-corrected chi connectivity index (χ1v) is 27.6. The Labute approximate surface area is 349 Å². The fraction of sp³-hybridized carbons (Fsp3) is 0.170. The zero-order valence-electron chi connectivity index (χ0n) is 35.2. The van der Waals surface area contributed by atoms with E-state index in [4.69, 9.17) is 0 Å². The van der Waals surface area contributed by atoms with Crippen LogP contribution in [0, 0.1) is 11.6 Å². The number of nitrogens with zero attached hydrogens (tertiary/aromatic N) is 2. The Balaban J connectivity index is 1.21. The number of rotatable bonds is 8. The molecule has 0 fully saturated rings. The van der Waals surface area contributed by atoms with Gasteiger partial charge in [-0.3, -0.25) is 0 Å². The highest BCUT2D eigenvalue weighted by Gasteiger charge is 2.39. The van der Waals surface area contributed by atoms with E-state index in [1.54, 1.807) is 0 Å². The van der Waals surface area contributed by atoms with E-state index in [1.807, 2.05) is 24.3 Å². The summed E-state index contributed by atoms with van der Waals surface area (Å²) < 4.78 is 28.6. The van der Waals surface area contributed by atoms with Gasteiger partial charge in [-0.2, -0.15) is 0 Å². The molecule has 9 rings (SSSR count). The van der Waals surface area contributed by atoms with Crippen LogP contribution in [-0.4, -0.2) is 16.1 Å². The summed E-state index contributed by atoms with van der Waals surface area (Å²) in [7, 11) is -3.02. The molecule has 0 atom stereocenters. The zero-order valence-corrected chi connectivity index (χ0v) is 37.2. The molecule has 0 amide bonds. The van der Waals surface area contributed by atoms with Crippen molar-refractivity contribution in [3.63, 3.8) is 0 Å². The van der Waals surface area contributed by atoms with E-state index in [0.717, 1.165) is 34.1 Å². The van der Waals surface area contributed by atoms with Crippen molar-refractivity contribution in [3.05, 3.63) is 180 Å². The van der Waals surface area contributed by atoms with E-state index in [2.05, 4.69) is 172 Å². The van der Waals surface area contributed by atoms with Crippen LogP contribution >= 0.6 is 0 Å². The van der Waals surface area contributed by atoms with Crippen LogP contribution in [0.4, 0.5) is 42.9 Å². The molecule has 1 aliphatic rings. The van der Waals surface area contributed by atoms with Crippen molar-refractivity contribution >= 4 is 82.2 Å². The van der Waals surface area contributed by atoms with Gasteiger partial charge in [0.2, 0.25) is 0 Å². The normalized spacial score (nSPS) is 13.4. The second-order valence-electron chi connectivity index (χ2n) is 18.6. The van der Waals surface area contributed by atoms with Gasteiger partial charge < -0.3 is 9.80 Å². The summed E-state index contributed by atoms with van der Waals surface area (Å²) >= 11 is 0. The minimum absolute atomic E-state index is 0.254. The molecular formula is C53H50F2N2Si2. The van der Waals surface area contributed by atoms with Gasteiger partial charge in [-0.1, -0.05) is 124 Å². The van der Waals surface area contributed by atoms with Gasteiger partial charge in [0.15, 0.2) is 0 Å². The molecule has 0 spiro atoms. The quantitative estimate of drug-likeness (QED) is 0.111. The predicted molar refractivity (Wildman–Crippen MR) is 254 cm³/mol. The van der Waals surface area contributed by atoms with Gasteiger partial charge in [0.1, 0.15) is 11.6 Å². The Morgan fingerprint density at radius 3 is 1.29 bits per heavy atom. The predicted octanol–water partition coefficient (Wildman–Crippen LogP) is 14.6. The minimum atomic E-state index is -1.51. The number of halogens is 2. The molecule has 0 saturated carbocycles. The molecule has 59 heavy (non-hydrogen) atoms. The molecule has 294 valence electrons. The summed E-state index contributed by atoms with van der Waals surface area (Å²) in [6.07, 6.45) is 0. The van der Waals surface area contributed by atoms with E-state index in [-0.39, 0.29) is 17.0 Å². The van der Waals surface area contributed by atoms with Gasteiger partial charge >= 0.3 is 0 Å². The zero-order chi connectivity index (χ0) is 41.4. The van der Waals surface area contributed by atoms with Crippen LogP contribution in [-0.2, 0) is 5.41 Å². The van der Waals surface area contributed by atoms with Crippen LogP contribution < -0.4 is 20.2 Å². The molecule has 2 nitrogen and oxygen atoms in total. The topological polar surface area (TPSA) is 6.48 Å². The van der Waals surface area contributed by atoms with E-state index in [9.17, 15) is 8.78 Å². The molecule has 0 radical (unpaired) electrons. The van der Waals surface area contributed by atoms with Crippen molar-refractivity contribution in [1.82, 2.24) is 0 Å². The third-order valence-corrected chi connectivity index (χ3v) is 16.4. The highest BCUT2D eigenvalue weighted by atomic mass is 28.3. The van der Waals surface area contributed by atoms with Crippen LogP contribution in [0.2, 0.25) is 39.3 Å². The van der Waals surface area contributed by atoms with Gasteiger partial charge in [0.25, 0.3) is 0 Å². The standard InChI is InChI=1S/C53H50F2N2Si2/c1-53(2)50-34-42(57(38-19-15-36(55)16-20-38)40-23-29-44(30-24-40)59(6,7)8)26-32-48(50)51-46-12-10-9-11-45(46)49-33-41(25-31-47(49)52(51)53)56(37-17-13-35(54)14-18-37)39-21-27-43(28-22-39)58(3,4)5/h9-34H,1-8H3. The Morgan fingerprint density at radius 2 is 0.814 bits per heavy atom. The van der Waals surface area contributed by atoms with Crippen LogP contribution in [0.1, 0.15) is 25.0 Å². The fourth-order valence-corrected chi connectivity index (χ4v) is 11.4. The molecule has 0 N–H and O–H groups in total. The summed E-state index contributed by atoms with van der Waals surface area (Å²) in [6.45, 7) is 18.9. The van der Waals surface area contributed by atoms with Crippen LogP contribution in [0.3, 0.4) is 0 Å². The third-order valence-electron chi connectivity index (χ3n) is 12.2. The Kier molecular flexibility index (Phi) is 9.29. The minimum Gasteiger partial charge on any atom is -0.310 e. The van der Waals surface area contributed by atoms with Gasteiger partial charge in [-0.05, 0) is 141 Å². The first kappa shape index (κ1) is 38.7. The largest absolute Gasteiger partial charge is 0.310 e. The van der Waals surface area contributed by atoms with Gasteiger partial charge in [0, 0.05) is 39.5 Å². The van der Waals surface area contributed by atoms with E-state index in [1.165, 1.54) is 78.4 Å². The second-order valence-corrected chi connectivity index (χ2v) is 28.8. The van der Waals surface area contributed by atoms with E-state index < -0.39 is 16.1 Å². The molecule has 0 bridgehead atoms. The number of anilines is 6. The highest BCUT2D eigenvalue weighted by molar-refractivity contribution is 6.89. The summed E-state index contributed by atoms with van der Waals surface area (Å²) in [6, 6.07) is 53.9. The third kappa shape index (κ3) is 6.78. The molecule has 8 aromatic carbocycles. The van der Waals surface area contributed by atoms with Crippen molar-refractivity contribution in [2.45, 2.75) is 58.5 Å². The van der Waals surface area contributed by atoms with Crippen molar-refractivity contribution in [3.8, 4) is 11.1 Å². The van der Waals surface area contributed by atoms with Crippen LogP contribution in [0.25, 0.3) is 32.7 Å². The van der Waals surface area contributed by atoms with Crippen molar-refractivity contribution in [2.75, 3.05) is 9.80 Å². The average molecular weight is 809 g/mol. The number of hydrogen-bond acceptors (Lipinski definition) is 2. The molecule has 0 saturated heterocycles. The number of fused-ring (bicyclic) bond motifs is 8. The first-order chi connectivity index (χ1) is 28.1. The van der Waals surface area contributed by atoms with Crippen LogP contribution in [0.5, 0.6) is 0 Å². The molecule has 0 heterocycles.